The fraction of sp³-hybridized carbons (Fsp3) is 0.188. The fourth-order valence-corrected chi connectivity index (χ4v) is 2.24. The van der Waals surface area contributed by atoms with E-state index in [9.17, 15) is 0 Å². The third-order valence-corrected chi connectivity index (χ3v) is 3.36. The van der Waals surface area contributed by atoms with Gasteiger partial charge in [0.1, 0.15) is 5.82 Å². The molecule has 0 saturated heterocycles. The Morgan fingerprint density at radius 1 is 1.11 bits per heavy atom. The lowest BCUT2D eigenvalue weighted by atomic mass is 10.0. The molecule has 0 spiro atoms. The number of nitrogens with two attached hydrogens (primary N) is 1. The first-order chi connectivity index (χ1) is 9.22. The number of rotatable bonds is 3. The standard InChI is InChI=1S/C16H17N3/c1-11-6-8-12(9-7-11)13(17)10-16-18-14-4-2-3-5-15(14)19-16/h2-9,13H,10,17H2,1H3,(H,18,19). The predicted molar refractivity (Wildman–Crippen MR) is 77.9 cm³/mol. The van der Waals surface area contributed by atoms with Crippen molar-refractivity contribution in [1.29, 1.82) is 0 Å². The second-order valence-electron chi connectivity index (χ2n) is 4.92. The summed E-state index contributed by atoms with van der Waals surface area (Å²) in [5.41, 5.74) is 10.7. The zero-order chi connectivity index (χ0) is 13.2. The summed E-state index contributed by atoms with van der Waals surface area (Å²) in [7, 11) is 0. The number of hydrogen-bond donors (Lipinski definition) is 2. The Kier molecular flexibility index (Phi) is 3.05. The number of aromatic nitrogens is 2. The fourth-order valence-electron chi connectivity index (χ4n) is 2.24. The number of para-hydroxylation sites is 2. The zero-order valence-electron chi connectivity index (χ0n) is 10.9. The van der Waals surface area contributed by atoms with Crippen LogP contribution < -0.4 is 5.73 Å². The van der Waals surface area contributed by atoms with Crippen LogP contribution in [0.2, 0.25) is 0 Å². The quantitative estimate of drug-likeness (QED) is 0.751. The van der Waals surface area contributed by atoms with Crippen molar-refractivity contribution < 1.29 is 0 Å². The van der Waals surface area contributed by atoms with Gasteiger partial charge in [0.05, 0.1) is 11.0 Å². The number of hydrogen-bond acceptors (Lipinski definition) is 2. The topological polar surface area (TPSA) is 54.7 Å². The molecule has 3 rings (SSSR count). The molecule has 3 heteroatoms. The largest absolute Gasteiger partial charge is 0.342 e. The van der Waals surface area contributed by atoms with E-state index in [4.69, 9.17) is 5.73 Å². The lowest BCUT2D eigenvalue weighted by Gasteiger charge is -2.10. The van der Waals surface area contributed by atoms with Crippen LogP contribution in [0.25, 0.3) is 11.0 Å². The van der Waals surface area contributed by atoms with Crippen LogP contribution in [0.5, 0.6) is 0 Å². The SMILES string of the molecule is Cc1ccc(C(N)Cc2nc3ccccc3[nH]2)cc1. The molecule has 0 bridgehead atoms. The minimum Gasteiger partial charge on any atom is -0.342 e. The molecule has 1 aromatic heterocycles. The molecule has 0 fully saturated rings. The maximum Gasteiger partial charge on any atom is 0.109 e. The number of aryl methyl sites for hydroxylation is 1. The number of nitrogens with one attached hydrogen (secondary N) is 1. The van der Waals surface area contributed by atoms with Gasteiger partial charge in [-0.1, -0.05) is 42.0 Å². The smallest absolute Gasteiger partial charge is 0.109 e. The highest BCUT2D eigenvalue weighted by Crippen LogP contribution is 2.17. The minimum absolute atomic E-state index is 0.0267. The van der Waals surface area contributed by atoms with Gasteiger partial charge in [-0.25, -0.2) is 4.98 Å². The van der Waals surface area contributed by atoms with Crippen molar-refractivity contribution in [2.75, 3.05) is 0 Å². The summed E-state index contributed by atoms with van der Waals surface area (Å²) in [5.74, 6) is 0.939. The molecule has 0 aliphatic heterocycles. The van der Waals surface area contributed by atoms with Crippen molar-refractivity contribution in [1.82, 2.24) is 9.97 Å². The van der Waals surface area contributed by atoms with Gasteiger partial charge in [-0.3, -0.25) is 0 Å². The highest BCUT2D eigenvalue weighted by atomic mass is 14.9. The van der Waals surface area contributed by atoms with Crippen molar-refractivity contribution in [3.8, 4) is 0 Å². The van der Waals surface area contributed by atoms with E-state index in [2.05, 4.69) is 41.2 Å². The second-order valence-corrected chi connectivity index (χ2v) is 4.92. The molecule has 2 aromatic carbocycles. The van der Waals surface area contributed by atoms with Gasteiger partial charge in [-0.15, -0.1) is 0 Å². The first kappa shape index (κ1) is 11.9. The van der Waals surface area contributed by atoms with Crippen molar-refractivity contribution in [3.63, 3.8) is 0 Å². The predicted octanol–water partition coefficient (Wildman–Crippen LogP) is 3.11. The van der Waals surface area contributed by atoms with Crippen molar-refractivity contribution in [3.05, 3.63) is 65.5 Å². The number of nitrogens with zero attached hydrogens (tertiary/aromatic N) is 1. The van der Waals surface area contributed by atoms with Gasteiger partial charge in [-0.2, -0.15) is 0 Å². The summed E-state index contributed by atoms with van der Waals surface area (Å²) in [6, 6.07) is 16.4. The van der Waals surface area contributed by atoms with Crippen LogP contribution in [0, 0.1) is 6.92 Å². The van der Waals surface area contributed by atoms with Gasteiger partial charge in [-0.05, 0) is 24.6 Å². The molecule has 3 aromatic rings. The molecule has 1 unspecified atom stereocenters. The van der Waals surface area contributed by atoms with Crippen molar-refractivity contribution >= 4 is 11.0 Å². The molecule has 0 saturated carbocycles. The molecule has 0 radical (unpaired) electrons. The van der Waals surface area contributed by atoms with E-state index in [1.807, 2.05) is 24.3 Å². The summed E-state index contributed by atoms with van der Waals surface area (Å²) in [5, 5.41) is 0. The maximum atomic E-state index is 6.24. The lowest BCUT2D eigenvalue weighted by molar-refractivity contribution is 0.696. The van der Waals surface area contributed by atoms with Crippen molar-refractivity contribution in [2.24, 2.45) is 5.73 Å². The zero-order valence-corrected chi connectivity index (χ0v) is 10.9. The van der Waals surface area contributed by atoms with Crippen LogP contribution in [0.15, 0.2) is 48.5 Å². The highest BCUT2D eigenvalue weighted by molar-refractivity contribution is 5.74. The molecular weight excluding hydrogens is 234 g/mol. The molecule has 0 aliphatic carbocycles. The molecule has 1 atom stereocenters. The molecule has 96 valence electrons. The second kappa shape index (κ2) is 4.86. The van der Waals surface area contributed by atoms with Crippen LogP contribution in [0.3, 0.4) is 0 Å². The average molecular weight is 251 g/mol. The molecule has 0 aliphatic rings. The summed E-state index contributed by atoms with van der Waals surface area (Å²) in [4.78, 5) is 7.88. The van der Waals surface area contributed by atoms with Crippen LogP contribution >= 0.6 is 0 Å². The van der Waals surface area contributed by atoms with Crippen LogP contribution in [-0.2, 0) is 6.42 Å². The number of benzene rings is 2. The monoisotopic (exact) mass is 251 g/mol. The van der Waals surface area contributed by atoms with Gasteiger partial charge in [0.15, 0.2) is 0 Å². The normalized spacial score (nSPS) is 12.7. The Balaban J connectivity index is 1.82. The Morgan fingerprint density at radius 3 is 2.58 bits per heavy atom. The third kappa shape index (κ3) is 2.51. The first-order valence-electron chi connectivity index (χ1n) is 6.48. The number of imidazole rings is 1. The Morgan fingerprint density at radius 2 is 1.84 bits per heavy atom. The summed E-state index contributed by atoms with van der Waals surface area (Å²) in [6.07, 6.45) is 0.720. The van der Waals surface area contributed by atoms with Gasteiger partial charge < -0.3 is 10.7 Å². The van der Waals surface area contributed by atoms with E-state index < -0.39 is 0 Å². The Hall–Kier alpha value is -2.13. The highest BCUT2D eigenvalue weighted by Gasteiger charge is 2.10. The van der Waals surface area contributed by atoms with E-state index in [1.165, 1.54) is 5.56 Å². The number of aromatic amines is 1. The number of H-pyrrole nitrogens is 1. The molecular formula is C16H17N3. The van der Waals surface area contributed by atoms with Crippen LogP contribution in [0.1, 0.15) is 23.0 Å². The lowest BCUT2D eigenvalue weighted by Crippen LogP contribution is -2.14. The van der Waals surface area contributed by atoms with E-state index in [-0.39, 0.29) is 6.04 Å². The van der Waals surface area contributed by atoms with Crippen LogP contribution in [0.4, 0.5) is 0 Å². The maximum absolute atomic E-state index is 6.24. The van der Waals surface area contributed by atoms with E-state index in [0.717, 1.165) is 28.8 Å². The number of fused-ring (bicyclic) bond motifs is 1. The van der Waals surface area contributed by atoms with Gasteiger partial charge >= 0.3 is 0 Å². The van der Waals surface area contributed by atoms with Crippen molar-refractivity contribution in [2.45, 2.75) is 19.4 Å². The first-order valence-corrected chi connectivity index (χ1v) is 6.48. The summed E-state index contributed by atoms with van der Waals surface area (Å²) in [6.45, 7) is 2.08. The Labute approximate surface area is 112 Å². The molecule has 0 amide bonds. The Bertz CT molecular complexity index is 650. The minimum atomic E-state index is -0.0267. The van der Waals surface area contributed by atoms with Gasteiger partial charge in [0.2, 0.25) is 0 Å². The van der Waals surface area contributed by atoms with E-state index in [0.29, 0.717) is 0 Å². The molecule has 3 N–H and O–H groups in total. The van der Waals surface area contributed by atoms with Gasteiger partial charge in [0, 0.05) is 12.5 Å². The molecule has 1 heterocycles. The summed E-state index contributed by atoms with van der Waals surface area (Å²) >= 11 is 0. The average Bonchev–Trinajstić information content (AvgIpc) is 2.81. The molecule has 19 heavy (non-hydrogen) atoms. The van der Waals surface area contributed by atoms with E-state index >= 15 is 0 Å². The third-order valence-electron chi connectivity index (χ3n) is 3.36. The van der Waals surface area contributed by atoms with Gasteiger partial charge in [0.25, 0.3) is 0 Å². The summed E-state index contributed by atoms with van der Waals surface area (Å²) < 4.78 is 0. The van der Waals surface area contributed by atoms with E-state index in [1.54, 1.807) is 0 Å². The van der Waals surface area contributed by atoms with Crippen LogP contribution in [-0.4, -0.2) is 9.97 Å². The molecule has 3 nitrogen and oxygen atoms in total.